The number of hydrogen-bond donors (Lipinski definition) is 1. The first-order valence-corrected chi connectivity index (χ1v) is 8.27. The Bertz CT molecular complexity index is 927. The van der Waals surface area contributed by atoms with Gasteiger partial charge in [-0.25, -0.2) is 4.39 Å². The van der Waals surface area contributed by atoms with Gasteiger partial charge in [0.05, 0.1) is 5.02 Å². The van der Waals surface area contributed by atoms with Crippen LogP contribution in [0, 0.1) is 12.7 Å². The molecular formula is C19H16ClFN2O3. The number of amides is 1. The summed E-state index contributed by atoms with van der Waals surface area (Å²) in [6, 6.07) is 13.1. The molecule has 3 rings (SSSR count). The van der Waals surface area contributed by atoms with Gasteiger partial charge >= 0.3 is 0 Å². The van der Waals surface area contributed by atoms with Crippen LogP contribution >= 0.6 is 11.6 Å². The van der Waals surface area contributed by atoms with Gasteiger partial charge < -0.3 is 14.6 Å². The second-order valence-corrected chi connectivity index (χ2v) is 6.06. The van der Waals surface area contributed by atoms with Crippen molar-refractivity contribution < 1.29 is 18.4 Å². The van der Waals surface area contributed by atoms with Crippen LogP contribution in [0.4, 0.5) is 4.39 Å². The highest BCUT2D eigenvalue weighted by molar-refractivity contribution is 6.32. The average Bonchev–Trinajstić information content (AvgIpc) is 3.09. The van der Waals surface area contributed by atoms with Crippen LogP contribution in [0.5, 0.6) is 5.75 Å². The molecule has 0 atom stereocenters. The molecule has 5 nitrogen and oxygen atoms in total. The van der Waals surface area contributed by atoms with E-state index in [0.29, 0.717) is 18.1 Å². The third-order valence-electron chi connectivity index (χ3n) is 3.76. The van der Waals surface area contributed by atoms with Crippen LogP contribution in [0.3, 0.4) is 0 Å². The van der Waals surface area contributed by atoms with Crippen molar-refractivity contribution in [3.63, 3.8) is 0 Å². The fourth-order valence-electron chi connectivity index (χ4n) is 2.30. The van der Waals surface area contributed by atoms with Gasteiger partial charge in [-0.15, -0.1) is 0 Å². The van der Waals surface area contributed by atoms with Crippen molar-refractivity contribution in [1.82, 2.24) is 10.5 Å². The van der Waals surface area contributed by atoms with Crippen molar-refractivity contribution in [3.8, 4) is 5.75 Å². The zero-order valence-electron chi connectivity index (χ0n) is 14.0. The fourth-order valence-corrected chi connectivity index (χ4v) is 2.53. The summed E-state index contributed by atoms with van der Waals surface area (Å²) in [6.45, 7) is 2.40. The molecule has 0 fully saturated rings. The summed E-state index contributed by atoms with van der Waals surface area (Å²) in [6.07, 6.45) is 0. The van der Waals surface area contributed by atoms with Gasteiger partial charge in [-0.1, -0.05) is 41.0 Å². The summed E-state index contributed by atoms with van der Waals surface area (Å²) in [5, 5.41) is 6.69. The van der Waals surface area contributed by atoms with Crippen LogP contribution in [-0.2, 0) is 13.2 Å². The van der Waals surface area contributed by atoms with Gasteiger partial charge in [-0.05, 0) is 36.2 Å². The van der Waals surface area contributed by atoms with Crippen molar-refractivity contribution in [1.29, 1.82) is 0 Å². The molecule has 0 radical (unpaired) electrons. The Hall–Kier alpha value is -2.86. The van der Waals surface area contributed by atoms with Gasteiger partial charge in [0.15, 0.2) is 11.5 Å². The molecule has 0 saturated heterocycles. The van der Waals surface area contributed by atoms with E-state index in [9.17, 15) is 9.18 Å². The maximum absolute atomic E-state index is 13.0. The Kier molecular flexibility index (Phi) is 5.53. The lowest BCUT2D eigenvalue weighted by atomic mass is 10.1. The molecule has 0 bridgehead atoms. The van der Waals surface area contributed by atoms with Crippen molar-refractivity contribution >= 4 is 17.5 Å². The van der Waals surface area contributed by atoms with E-state index in [1.54, 1.807) is 0 Å². The quantitative estimate of drug-likeness (QED) is 0.699. The Balaban J connectivity index is 1.57. The lowest BCUT2D eigenvalue weighted by Gasteiger charge is -2.06. The first kappa shape index (κ1) is 17.9. The number of carbonyl (C=O) groups is 1. The van der Waals surface area contributed by atoms with E-state index in [2.05, 4.69) is 10.5 Å². The molecule has 0 aliphatic heterocycles. The summed E-state index contributed by atoms with van der Waals surface area (Å²) in [5.74, 6) is -0.126. The molecule has 3 aromatic rings. The number of rotatable bonds is 6. The maximum atomic E-state index is 13.0. The molecule has 1 heterocycles. The third kappa shape index (κ3) is 4.40. The number of halogens is 2. The lowest BCUT2D eigenvalue weighted by Crippen LogP contribution is -2.23. The SMILES string of the molecule is Cc1ccccc1CNC(=O)c1cc(COc2ccc(F)cc2Cl)on1. The summed E-state index contributed by atoms with van der Waals surface area (Å²) in [4.78, 5) is 12.2. The van der Waals surface area contributed by atoms with Crippen LogP contribution in [0.1, 0.15) is 27.4 Å². The van der Waals surface area contributed by atoms with Crippen molar-refractivity contribution in [2.75, 3.05) is 0 Å². The molecule has 0 aliphatic rings. The normalized spacial score (nSPS) is 10.6. The van der Waals surface area contributed by atoms with Crippen LogP contribution in [0.15, 0.2) is 53.1 Å². The van der Waals surface area contributed by atoms with Gasteiger partial charge in [0.2, 0.25) is 0 Å². The molecule has 1 N–H and O–H groups in total. The van der Waals surface area contributed by atoms with Crippen molar-refractivity contribution in [2.24, 2.45) is 0 Å². The van der Waals surface area contributed by atoms with E-state index in [1.165, 1.54) is 18.2 Å². The molecule has 26 heavy (non-hydrogen) atoms. The lowest BCUT2D eigenvalue weighted by molar-refractivity contribution is 0.0941. The predicted octanol–water partition coefficient (Wildman–Crippen LogP) is 4.28. The average molecular weight is 375 g/mol. The number of nitrogens with one attached hydrogen (secondary N) is 1. The number of nitrogens with zero attached hydrogens (tertiary/aromatic N) is 1. The molecular weight excluding hydrogens is 359 g/mol. The Morgan fingerprint density at radius 3 is 2.85 bits per heavy atom. The molecule has 0 spiro atoms. The number of benzene rings is 2. The van der Waals surface area contributed by atoms with E-state index in [1.807, 2.05) is 31.2 Å². The van der Waals surface area contributed by atoms with E-state index >= 15 is 0 Å². The number of ether oxygens (including phenoxy) is 1. The van der Waals surface area contributed by atoms with Crippen LogP contribution in [-0.4, -0.2) is 11.1 Å². The minimum atomic E-state index is -0.449. The molecule has 0 unspecified atom stereocenters. The highest BCUT2D eigenvalue weighted by atomic mass is 35.5. The fraction of sp³-hybridized carbons (Fsp3) is 0.158. The smallest absolute Gasteiger partial charge is 0.273 e. The molecule has 2 aromatic carbocycles. The monoisotopic (exact) mass is 374 g/mol. The predicted molar refractivity (Wildman–Crippen MR) is 94.6 cm³/mol. The first-order chi connectivity index (χ1) is 12.5. The third-order valence-corrected chi connectivity index (χ3v) is 4.05. The summed E-state index contributed by atoms with van der Waals surface area (Å²) in [7, 11) is 0. The van der Waals surface area contributed by atoms with Crippen molar-refractivity contribution in [2.45, 2.75) is 20.1 Å². The second-order valence-electron chi connectivity index (χ2n) is 5.65. The summed E-state index contributed by atoms with van der Waals surface area (Å²) < 4.78 is 23.6. The van der Waals surface area contributed by atoms with E-state index in [0.717, 1.165) is 17.2 Å². The van der Waals surface area contributed by atoms with Crippen molar-refractivity contribution in [3.05, 3.63) is 82.0 Å². The van der Waals surface area contributed by atoms with Crippen LogP contribution < -0.4 is 10.1 Å². The minimum absolute atomic E-state index is 0.0173. The van der Waals surface area contributed by atoms with Gasteiger partial charge in [-0.2, -0.15) is 0 Å². The number of aryl methyl sites for hydroxylation is 1. The largest absolute Gasteiger partial charge is 0.484 e. The molecule has 0 aliphatic carbocycles. The highest BCUT2D eigenvalue weighted by Gasteiger charge is 2.13. The summed E-state index contributed by atoms with van der Waals surface area (Å²) in [5.41, 5.74) is 2.28. The number of aromatic nitrogens is 1. The highest BCUT2D eigenvalue weighted by Crippen LogP contribution is 2.25. The van der Waals surface area contributed by atoms with Crippen LogP contribution in [0.2, 0.25) is 5.02 Å². The Morgan fingerprint density at radius 1 is 1.27 bits per heavy atom. The zero-order valence-corrected chi connectivity index (χ0v) is 14.7. The Labute approximate surface area is 154 Å². The maximum Gasteiger partial charge on any atom is 0.273 e. The topological polar surface area (TPSA) is 64.4 Å². The van der Waals surface area contributed by atoms with Gasteiger partial charge in [-0.3, -0.25) is 4.79 Å². The van der Waals surface area contributed by atoms with E-state index < -0.39 is 5.82 Å². The molecule has 0 saturated carbocycles. The number of hydrogen-bond acceptors (Lipinski definition) is 4. The first-order valence-electron chi connectivity index (χ1n) is 7.89. The molecule has 1 aromatic heterocycles. The van der Waals surface area contributed by atoms with Gasteiger partial charge in [0.1, 0.15) is 18.2 Å². The van der Waals surface area contributed by atoms with E-state index in [-0.39, 0.29) is 23.2 Å². The minimum Gasteiger partial charge on any atom is -0.484 e. The zero-order chi connectivity index (χ0) is 18.5. The number of carbonyl (C=O) groups excluding carboxylic acids is 1. The Morgan fingerprint density at radius 2 is 2.08 bits per heavy atom. The summed E-state index contributed by atoms with van der Waals surface area (Å²) >= 11 is 5.89. The standard InChI is InChI=1S/C19H16ClFN2O3/c1-12-4-2-3-5-13(12)10-22-19(24)17-9-15(26-23-17)11-25-18-7-6-14(21)8-16(18)20/h2-9H,10-11H2,1H3,(H,22,24). The molecule has 134 valence electrons. The molecule has 7 heteroatoms. The second kappa shape index (κ2) is 8.01. The van der Waals surface area contributed by atoms with Crippen LogP contribution in [0.25, 0.3) is 0 Å². The van der Waals surface area contributed by atoms with E-state index in [4.69, 9.17) is 20.9 Å². The van der Waals surface area contributed by atoms with Gasteiger partial charge in [0.25, 0.3) is 5.91 Å². The van der Waals surface area contributed by atoms with Gasteiger partial charge in [0, 0.05) is 12.6 Å². The molecule has 1 amide bonds.